The van der Waals surface area contributed by atoms with Crippen LogP contribution in [0.25, 0.3) is 21.5 Å². The first-order valence-electron chi connectivity index (χ1n) is 4.96. The van der Waals surface area contributed by atoms with Gasteiger partial charge in [-0.3, -0.25) is 0 Å². The summed E-state index contributed by atoms with van der Waals surface area (Å²) in [6, 6.07) is 18.9. The van der Waals surface area contributed by atoms with Gasteiger partial charge >= 0.3 is 0 Å². The van der Waals surface area contributed by atoms with Gasteiger partial charge in [-0.05, 0) is 27.6 Å². The Morgan fingerprint density at radius 3 is 1.62 bits per heavy atom. The lowest BCUT2D eigenvalue weighted by molar-refractivity contribution is 1.63. The molecule has 0 nitrogen and oxygen atoms in total. The van der Waals surface area contributed by atoms with Gasteiger partial charge in [-0.15, -0.1) is 12.6 Å². The lowest BCUT2D eigenvalue weighted by Gasteiger charge is -2.06. The molecule has 0 saturated carbocycles. The molecule has 0 aromatic heterocycles. The molecule has 0 aliphatic carbocycles. The summed E-state index contributed by atoms with van der Waals surface area (Å²) >= 11 is 4.62. The van der Waals surface area contributed by atoms with Gasteiger partial charge in [0.1, 0.15) is 0 Å². The first-order valence-corrected chi connectivity index (χ1v) is 5.40. The van der Waals surface area contributed by atoms with E-state index in [0.717, 1.165) is 4.90 Å². The molecular formula is C15H14S. The predicted molar refractivity (Wildman–Crippen MR) is 75.4 cm³/mol. The van der Waals surface area contributed by atoms with Crippen LogP contribution in [0.2, 0.25) is 0 Å². The summed E-state index contributed by atoms with van der Waals surface area (Å²) in [4.78, 5) is 1.07. The van der Waals surface area contributed by atoms with E-state index in [9.17, 15) is 0 Å². The number of hydrogen-bond acceptors (Lipinski definition) is 1. The molecule has 0 N–H and O–H groups in total. The standard InChI is InChI=1S/C14H10S.CH4/c15-14-12-7-3-1-5-10(12)9-11-6-2-4-8-13(11)14;/h1-9,15H;1H4. The molecule has 0 unspecified atom stereocenters. The SMILES string of the molecule is C.Sc1c2ccccc2cc2ccccc12. The third-order valence-electron chi connectivity index (χ3n) is 2.74. The molecule has 0 atom stereocenters. The van der Waals surface area contributed by atoms with Crippen LogP contribution in [0, 0.1) is 0 Å². The van der Waals surface area contributed by atoms with Gasteiger partial charge in [0.2, 0.25) is 0 Å². The number of fused-ring (bicyclic) bond motifs is 2. The predicted octanol–water partition coefficient (Wildman–Crippen LogP) is 4.92. The summed E-state index contributed by atoms with van der Waals surface area (Å²) in [6.07, 6.45) is 0. The van der Waals surface area contributed by atoms with E-state index < -0.39 is 0 Å². The van der Waals surface area contributed by atoms with E-state index >= 15 is 0 Å². The highest BCUT2D eigenvalue weighted by Crippen LogP contribution is 2.30. The van der Waals surface area contributed by atoms with E-state index in [0.29, 0.717) is 0 Å². The van der Waals surface area contributed by atoms with Crippen LogP contribution in [0.1, 0.15) is 7.43 Å². The van der Waals surface area contributed by atoms with E-state index in [1.54, 1.807) is 0 Å². The molecule has 0 amide bonds. The van der Waals surface area contributed by atoms with E-state index in [1.165, 1.54) is 21.5 Å². The first kappa shape index (κ1) is 11.0. The summed E-state index contributed by atoms with van der Waals surface area (Å²) < 4.78 is 0. The molecule has 16 heavy (non-hydrogen) atoms. The van der Waals surface area contributed by atoms with Crippen LogP contribution < -0.4 is 0 Å². The third kappa shape index (κ3) is 1.57. The maximum absolute atomic E-state index is 4.62. The van der Waals surface area contributed by atoms with Crippen LogP contribution in [0.3, 0.4) is 0 Å². The Bertz CT molecular complexity index is 587. The van der Waals surface area contributed by atoms with Crippen LogP contribution in [0.15, 0.2) is 59.5 Å². The highest BCUT2D eigenvalue weighted by molar-refractivity contribution is 7.80. The Balaban J connectivity index is 0.000000963. The minimum atomic E-state index is 0. The molecule has 0 heterocycles. The van der Waals surface area contributed by atoms with Gasteiger partial charge in [0, 0.05) is 4.90 Å². The van der Waals surface area contributed by atoms with Crippen LogP contribution in [-0.2, 0) is 0 Å². The van der Waals surface area contributed by atoms with E-state index in [1.807, 2.05) is 0 Å². The normalized spacial score (nSPS) is 10.3. The lowest BCUT2D eigenvalue weighted by atomic mass is 10.0. The van der Waals surface area contributed by atoms with Gasteiger partial charge in [0.25, 0.3) is 0 Å². The second-order valence-electron chi connectivity index (χ2n) is 3.67. The van der Waals surface area contributed by atoms with Gasteiger partial charge in [-0.1, -0.05) is 56.0 Å². The van der Waals surface area contributed by atoms with Crippen molar-refractivity contribution >= 4 is 34.2 Å². The molecule has 3 rings (SSSR count). The minimum Gasteiger partial charge on any atom is -0.142 e. The van der Waals surface area contributed by atoms with Gasteiger partial charge in [0.15, 0.2) is 0 Å². The van der Waals surface area contributed by atoms with E-state index in [2.05, 4.69) is 67.2 Å². The average Bonchev–Trinajstić information content (AvgIpc) is 2.30. The van der Waals surface area contributed by atoms with Crippen molar-refractivity contribution in [1.82, 2.24) is 0 Å². The van der Waals surface area contributed by atoms with Crippen LogP contribution >= 0.6 is 12.6 Å². The zero-order chi connectivity index (χ0) is 10.3. The summed E-state index contributed by atoms with van der Waals surface area (Å²) in [7, 11) is 0. The minimum absolute atomic E-state index is 0. The molecule has 3 aromatic rings. The van der Waals surface area contributed by atoms with Crippen molar-refractivity contribution in [3.05, 3.63) is 54.6 Å². The summed E-state index contributed by atoms with van der Waals surface area (Å²) in [5.41, 5.74) is 0. The molecule has 0 bridgehead atoms. The van der Waals surface area contributed by atoms with Crippen molar-refractivity contribution in [3.8, 4) is 0 Å². The van der Waals surface area contributed by atoms with Crippen LogP contribution in [0.5, 0.6) is 0 Å². The molecule has 0 radical (unpaired) electrons. The van der Waals surface area contributed by atoms with Crippen molar-refractivity contribution in [3.63, 3.8) is 0 Å². The van der Waals surface area contributed by atoms with E-state index in [4.69, 9.17) is 0 Å². The second-order valence-corrected chi connectivity index (χ2v) is 4.11. The Labute approximate surface area is 101 Å². The highest BCUT2D eigenvalue weighted by atomic mass is 32.1. The Morgan fingerprint density at radius 2 is 1.12 bits per heavy atom. The van der Waals surface area contributed by atoms with Crippen molar-refractivity contribution in [1.29, 1.82) is 0 Å². The van der Waals surface area contributed by atoms with Crippen LogP contribution in [-0.4, -0.2) is 0 Å². The topological polar surface area (TPSA) is 0 Å². The fourth-order valence-corrected chi connectivity index (χ4v) is 2.40. The zero-order valence-corrected chi connectivity index (χ0v) is 9.04. The fraction of sp³-hybridized carbons (Fsp3) is 0.0667. The zero-order valence-electron chi connectivity index (χ0n) is 8.14. The fourth-order valence-electron chi connectivity index (χ4n) is 1.99. The largest absolute Gasteiger partial charge is 0.142 e. The Hall–Kier alpha value is -1.47. The molecule has 3 aromatic carbocycles. The molecule has 0 aliphatic rings. The Morgan fingerprint density at radius 1 is 0.688 bits per heavy atom. The molecule has 0 aliphatic heterocycles. The molecule has 0 fully saturated rings. The van der Waals surface area contributed by atoms with Crippen LogP contribution in [0.4, 0.5) is 0 Å². The average molecular weight is 226 g/mol. The number of rotatable bonds is 0. The van der Waals surface area contributed by atoms with Gasteiger partial charge in [-0.2, -0.15) is 0 Å². The molecular weight excluding hydrogens is 212 g/mol. The van der Waals surface area contributed by atoms with Gasteiger partial charge in [-0.25, -0.2) is 0 Å². The maximum atomic E-state index is 4.62. The monoisotopic (exact) mass is 226 g/mol. The van der Waals surface area contributed by atoms with Crippen molar-refractivity contribution < 1.29 is 0 Å². The Kier molecular flexibility index (Phi) is 2.88. The summed E-state index contributed by atoms with van der Waals surface area (Å²) in [5.74, 6) is 0. The number of benzene rings is 3. The summed E-state index contributed by atoms with van der Waals surface area (Å²) in [6.45, 7) is 0. The third-order valence-corrected chi connectivity index (χ3v) is 3.22. The smallest absolute Gasteiger partial charge is 0.0197 e. The maximum Gasteiger partial charge on any atom is 0.0197 e. The number of thiol groups is 1. The van der Waals surface area contributed by atoms with Crippen molar-refractivity contribution in [2.24, 2.45) is 0 Å². The molecule has 0 spiro atoms. The quantitative estimate of drug-likeness (QED) is 0.408. The molecule has 1 heteroatoms. The first-order chi connectivity index (χ1) is 7.36. The van der Waals surface area contributed by atoms with E-state index in [-0.39, 0.29) is 7.43 Å². The van der Waals surface area contributed by atoms with Gasteiger partial charge in [0.05, 0.1) is 0 Å². The lowest BCUT2D eigenvalue weighted by Crippen LogP contribution is -1.78. The highest BCUT2D eigenvalue weighted by Gasteiger charge is 2.02. The van der Waals surface area contributed by atoms with Gasteiger partial charge < -0.3 is 0 Å². The molecule has 80 valence electrons. The second kappa shape index (κ2) is 4.18. The summed E-state index contributed by atoms with van der Waals surface area (Å²) in [5, 5.41) is 4.95. The van der Waals surface area contributed by atoms with Crippen molar-refractivity contribution in [2.45, 2.75) is 12.3 Å². The number of hydrogen-bond donors (Lipinski definition) is 1. The van der Waals surface area contributed by atoms with Crippen molar-refractivity contribution in [2.75, 3.05) is 0 Å². The molecule has 0 saturated heterocycles.